The van der Waals surface area contributed by atoms with E-state index in [0.29, 0.717) is 18.0 Å². The van der Waals surface area contributed by atoms with Crippen LogP contribution in [0.3, 0.4) is 0 Å². The van der Waals surface area contributed by atoms with Crippen LogP contribution in [-0.4, -0.2) is 54.9 Å². The van der Waals surface area contributed by atoms with E-state index in [4.69, 9.17) is 15.2 Å². The SMILES string of the molecule is Cn1cc(N)cc1C(=O)OCCN1CCOCC1. The Kier molecular flexibility index (Phi) is 4.22. The predicted molar refractivity (Wildman–Crippen MR) is 67.4 cm³/mol. The highest BCUT2D eigenvalue weighted by Crippen LogP contribution is 2.09. The Morgan fingerprint density at radius 1 is 1.50 bits per heavy atom. The molecule has 0 amide bonds. The molecule has 0 saturated carbocycles. The van der Waals surface area contributed by atoms with Crippen molar-refractivity contribution in [1.29, 1.82) is 0 Å². The van der Waals surface area contributed by atoms with Crippen LogP contribution in [0.5, 0.6) is 0 Å². The molecule has 2 N–H and O–H groups in total. The maximum absolute atomic E-state index is 11.8. The second-order valence-electron chi connectivity index (χ2n) is 4.36. The van der Waals surface area contributed by atoms with Gasteiger partial charge in [-0.05, 0) is 6.07 Å². The first kappa shape index (κ1) is 12.9. The third kappa shape index (κ3) is 3.24. The van der Waals surface area contributed by atoms with Gasteiger partial charge in [0.25, 0.3) is 0 Å². The highest BCUT2D eigenvalue weighted by molar-refractivity contribution is 5.89. The van der Waals surface area contributed by atoms with Gasteiger partial charge in [-0.3, -0.25) is 4.90 Å². The standard InChI is InChI=1S/C12H19N3O3/c1-14-9-10(13)8-11(14)12(16)18-7-4-15-2-5-17-6-3-15/h8-9H,2-7,13H2,1H3. The van der Waals surface area contributed by atoms with Gasteiger partial charge in [-0.25, -0.2) is 4.79 Å². The fourth-order valence-electron chi connectivity index (χ4n) is 1.96. The lowest BCUT2D eigenvalue weighted by atomic mass is 10.4. The van der Waals surface area contributed by atoms with E-state index in [-0.39, 0.29) is 5.97 Å². The van der Waals surface area contributed by atoms with Gasteiger partial charge in [-0.15, -0.1) is 0 Å². The normalized spacial score (nSPS) is 16.7. The van der Waals surface area contributed by atoms with Crippen molar-refractivity contribution in [3.8, 4) is 0 Å². The summed E-state index contributed by atoms with van der Waals surface area (Å²) < 4.78 is 12.1. The third-order valence-corrected chi connectivity index (χ3v) is 2.98. The maximum Gasteiger partial charge on any atom is 0.355 e. The van der Waals surface area contributed by atoms with Gasteiger partial charge in [0.2, 0.25) is 0 Å². The smallest absolute Gasteiger partial charge is 0.355 e. The molecule has 0 unspecified atom stereocenters. The van der Waals surface area contributed by atoms with Crippen LogP contribution in [-0.2, 0) is 16.5 Å². The summed E-state index contributed by atoms with van der Waals surface area (Å²) >= 11 is 0. The zero-order chi connectivity index (χ0) is 13.0. The molecule has 0 radical (unpaired) electrons. The number of morpholine rings is 1. The number of esters is 1. The summed E-state index contributed by atoms with van der Waals surface area (Å²) in [6.45, 7) is 4.44. The Hall–Kier alpha value is -1.53. The number of ether oxygens (including phenoxy) is 2. The summed E-state index contributed by atoms with van der Waals surface area (Å²) in [7, 11) is 1.77. The second kappa shape index (κ2) is 5.88. The number of anilines is 1. The van der Waals surface area contributed by atoms with Crippen LogP contribution >= 0.6 is 0 Å². The Labute approximate surface area is 106 Å². The van der Waals surface area contributed by atoms with Gasteiger partial charge in [-0.2, -0.15) is 0 Å². The number of hydrogen-bond acceptors (Lipinski definition) is 5. The lowest BCUT2D eigenvalue weighted by molar-refractivity contribution is 0.0191. The van der Waals surface area contributed by atoms with Gasteiger partial charge < -0.3 is 19.8 Å². The van der Waals surface area contributed by atoms with Crippen LogP contribution < -0.4 is 5.73 Å². The molecule has 18 heavy (non-hydrogen) atoms. The number of aryl methyl sites for hydroxylation is 1. The minimum atomic E-state index is -0.331. The molecule has 0 aliphatic carbocycles. The van der Waals surface area contributed by atoms with Crippen LogP contribution in [0.4, 0.5) is 5.69 Å². The van der Waals surface area contributed by atoms with E-state index in [1.807, 2.05) is 0 Å². The van der Waals surface area contributed by atoms with E-state index >= 15 is 0 Å². The van der Waals surface area contributed by atoms with E-state index in [1.165, 1.54) is 0 Å². The molecule has 2 heterocycles. The molecule has 1 fully saturated rings. The van der Waals surface area contributed by atoms with Crippen LogP contribution in [0.25, 0.3) is 0 Å². The summed E-state index contributed by atoms with van der Waals surface area (Å²) in [6.07, 6.45) is 1.69. The zero-order valence-corrected chi connectivity index (χ0v) is 10.6. The van der Waals surface area contributed by atoms with Crippen molar-refractivity contribution in [2.24, 2.45) is 7.05 Å². The minimum absolute atomic E-state index is 0.331. The highest BCUT2D eigenvalue weighted by Gasteiger charge is 2.14. The van der Waals surface area contributed by atoms with Crippen molar-refractivity contribution >= 4 is 11.7 Å². The van der Waals surface area contributed by atoms with E-state index in [1.54, 1.807) is 23.9 Å². The number of carbonyl (C=O) groups is 1. The maximum atomic E-state index is 11.8. The van der Waals surface area contributed by atoms with Gasteiger partial charge in [0.1, 0.15) is 12.3 Å². The summed E-state index contributed by atoms with van der Waals surface area (Å²) in [5.41, 5.74) is 6.66. The van der Waals surface area contributed by atoms with Crippen molar-refractivity contribution in [2.45, 2.75) is 0 Å². The molecular weight excluding hydrogens is 234 g/mol. The molecule has 1 aromatic heterocycles. The van der Waals surface area contributed by atoms with Crippen LogP contribution in [0.2, 0.25) is 0 Å². The van der Waals surface area contributed by atoms with E-state index < -0.39 is 0 Å². The molecule has 0 aromatic carbocycles. The minimum Gasteiger partial charge on any atom is -0.460 e. The van der Waals surface area contributed by atoms with Crippen LogP contribution in [0.1, 0.15) is 10.5 Å². The first-order valence-electron chi connectivity index (χ1n) is 6.06. The zero-order valence-electron chi connectivity index (χ0n) is 10.6. The Balaban J connectivity index is 1.76. The molecule has 1 aliphatic heterocycles. The number of hydrogen-bond donors (Lipinski definition) is 1. The summed E-state index contributed by atoms with van der Waals surface area (Å²) in [5, 5.41) is 0. The Morgan fingerprint density at radius 2 is 2.22 bits per heavy atom. The number of nitrogens with zero attached hydrogens (tertiary/aromatic N) is 2. The largest absolute Gasteiger partial charge is 0.460 e. The third-order valence-electron chi connectivity index (χ3n) is 2.98. The average Bonchev–Trinajstić information content (AvgIpc) is 2.70. The second-order valence-corrected chi connectivity index (χ2v) is 4.36. The van der Waals surface area contributed by atoms with Crippen molar-refractivity contribution < 1.29 is 14.3 Å². The molecule has 1 aromatic rings. The van der Waals surface area contributed by atoms with Gasteiger partial charge >= 0.3 is 5.97 Å². The highest BCUT2D eigenvalue weighted by atomic mass is 16.5. The topological polar surface area (TPSA) is 69.7 Å². The van der Waals surface area contributed by atoms with Gasteiger partial charge in [0, 0.05) is 32.9 Å². The quantitative estimate of drug-likeness (QED) is 0.770. The lowest BCUT2D eigenvalue weighted by Crippen LogP contribution is -2.38. The summed E-state index contributed by atoms with van der Waals surface area (Å²) in [4.78, 5) is 14.0. The fourth-order valence-corrected chi connectivity index (χ4v) is 1.96. The number of nitrogens with two attached hydrogens (primary N) is 1. The molecule has 6 nitrogen and oxygen atoms in total. The van der Waals surface area contributed by atoms with Crippen LogP contribution in [0, 0.1) is 0 Å². The Morgan fingerprint density at radius 3 is 2.83 bits per heavy atom. The van der Waals surface area contributed by atoms with Crippen LogP contribution in [0.15, 0.2) is 12.3 Å². The van der Waals surface area contributed by atoms with Crippen molar-refractivity contribution in [3.05, 3.63) is 18.0 Å². The molecule has 1 aliphatic rings. The monoisotopic (exact) mass is 253 g/mol. The fraction of sp³-hybridized carbons (Fsp3) is 0.583. The molecule has 1 saturated heterocycles. The van der Waals surface area contributed by atoms with E-state index in [2.05, 4.69) is 4.90 Å². The number of aromatic nitrogens is 1. The molecule has 100 valence electrons. The van der Waals surface area contributed by atoms with E-state index in [0.717, 1.165) is 32.8 Å². The predicted octanol–water partition coefficient (Wildman–Crippen LogP) is 0.0963. The molecule has 0 bridgehead atoms. The lowest BCUT2D eigenvalue weighted by Gasteiger charge is -2.26. The average molecular weight is 253 g/mol. The molecule has 6 heteroatoms. The first-order valence-corrected chi connectivity index (χ1v) is 6.06. The van der Waals surface area contributed by atoms with E-state index in [9.17, 15) is 4.79 Å². The van der Waals surface area contributed by atoms with Gasteiger partial charge in [0.05, 0.1) is 18.9 Å². The van der Waals surface area contributed by atoms with Gasteiger partial charge in [0.15, 0.2) is 0 Å². The number of carbonyl (C=O) groups excluding carboxylic acids is 1. The van der Waals surface area contributed by atoms with Crippen molar-refractivity contribution in [2.75, 3.05) is 45.2 Å². The Bertz CT molecular complexity index is 411. The number of rotatable bonds is 4. The molecular formula is C12H19N3O3. The summed E-state index contributed by atoms with van der Waals surface area (Å²) in [5.74, 6) is -0.331. The summed E-state index contributed by atoms with van der Waals surface area (Å²) in [6, 6.07) is 1.62. The number of nitrogen functional groups attached to an aromatic ring is 1. The molecule has 2 rings (SSSR count). The van der Waals surface area contributed by atoms with Crippen molar-refractivity contribution in [1.82, 2.24) is 9.47 Å². The van der Waals surface area contributed by atoms with Gasteiger partial charge in [-0.1, -0.05) is 0 Å². The first-order chi connectivity index (χ1) is 8.66. The molecule has 0 spiro atoms. The molecule has 0 atom stereocenters. The van der Waals surface area contributed by atoms with Crippen molar-refractivity contribution in [3.63, 3.8) is 0 Å².